The van der Waals surface area contributed by atoms with Crippen molar-refractivity contribution >= 4 is 18.5 Å². The number of nitrogens with one attached hydrogen (secondary N) is 1. The van der Waals surface area contributed by atoms with E-state index < -0.39 is 0 Å². The summed E-state index contributed by atoms with van der Waals surface area (Å²) in [7, 11) is 0. The third kappa shape index (κ3) is 2.08. The molecule has 0 amide bonds. The van der Waals surface area contributed by atoms with E-state index in [-0.39, 0.29) is 11.1 Å². The lowest BCUT2D eigenvalue weighted by molar-refractivity contribution is 1.24. The van der Waals surface area contributed by atoms with Crippen LogP contribution >= 0.6 is 12.6 Å². The van der Waals surface area contributed by atoms with Crippen LogP contribution in [0.2, 0.25) is 0 Å². The Hall–Kier alpha value is -0.180. The second-order valence-corrected chi connectivity index (χ2v) is 1.91. The summed E-state index contributed by atoms with van der Waals surface area (Å²) in [5.74, 6) is 0.123. The van der Waals surface area contributed by atoms with Crippen molar-refractivity contribution in [3.8, 4) is 0 Å². The Morgan fingerprint density at radius 2 is 2.17 bits per heavy atom. The second kappa shape index (κ2) is 2.08. The van der Waals surface area contributed by atoms with Gasteiger partial charge in [-0.25, -0.2) is 0 Å². The number of amidine groups is 1. The van der Waals surface area contributed by atoms with Gasteiger partial charge in [0.15, 0.2) is 0 Å². The summed E-state index contributed by atoms with van der Waals surface area (Å²) in [6.45, 7) is 1.76. The van der Waals surface area contributed by atoms with Crippen LogP contribution in [0.1, 0.15) is 6.92 Å². The maximum absolute atomic E-state index is 6.65. The fourth-order valence-electron chi connectivity index (χ4n) is 0. The molecule has 36 valence electrons. The van der Waals surface area contributed by atoms with E-state index in [0.29, 0.717) is 0 Å². The van der Waals surface area contributed by atoms with E-state index in [1.807, 2.05) is 0 Å². The lowest BCUT2D eigenvalue weighted by Crippen LogP contribution is -2.19. The molecule has 0 aliphatic carbocycles. The average molecular weight is 104 g/mol. The zero-order valence-electron chi connectivity index (χ0n) is 3.60. The molecule has 1 atom stereocenters. The monoisotopic (exact) mass is 104 g/mol. The van der Waals surface area contributed by atoms with Crippen LogP contribution in [-0.2, 0) is 0 Å². The summed E-state index contributed by atoms with van der Waals surface area (Å²) >= 11 is 3.84. The fraction of sp³-hybridized carbons (Fsp3) is 0.667. The van der Waals surface area contributed by atoms with Crippen LogP contribution < -0.4 is 5.73 Å². The molecule has 0 rings (SSSR count). The first-order valence-electron chi connectivity index (χ1n) is 1.66. The van der Waals surface area contributed by atoms with Gasteiger partial charge < -0.3 is 5.73 Å². The molecule has 0 aromatic carbocycles. The van der Waals surface area contributed by atoms with Crippen molar-refractivity contribution in [3.05, 3.63) is 0 Å². The number of hydrogen-bond acceptors (Lipinski definition) is 2. The van der Waals surface area contributed by atoms with Gasteiger partial charge >= 0.3 is 0 Å². The number of hydrogen-bond donors (Lipinski definition) is 3. The summed E-state index contributed by atoms with van der Waals surface area (Å²) in [5, 5.41) is 6.56. The molecule has 0 aliphatic heterocycles. The normalized spacial score (nSPS) is 13.7. The molecule has 0 bridgehead atoms. The molecule has 0 fully saturated rings. The molecule has 3 N–H and O–H groups in total. The van der Waals surface area contributed by atoms with E-state index >= 15 is 0 Å². The molecule has 0 heterocycles. The lowest BCUT2D eigenvalue weighted by atomic mass is 10.4. The first-order valence-corrected chi connectivity index (χ1v) is 2.18. The number of rotatable bonds is 1. The minimum Gasteiger partial charge on any atom is -0.387 e. The Bertz CT molecular complexity index is 59.8. The van der Waals surface area contributed by atoms with Crippen LogP contribution in [-0.4, -0.2) is 11.1 Å². The maximum Gasteiger partial charge on any atom is 0.103 e. The van der Waals surface area contributed by atoms with Crippen LogP contribution in [0, 0.1) is 5.41 Å². The lowest BCUT2D eigenvalue weighted by Gasteiger charge is -1.94. The van der Waals surface area contributed by atoms with Gasteiger partial charge in [0.05, 0.1) is 5.25 Å². The van der Waals surface area contributed by atoms with Crippen molar-refractivity contribution in [3.63, 3.8) is 0 Å². The van der Waals surface area contributed by atoms with Crippen molar-refractivity contribution in [1.29, 1.82) is 5.41 Å². The largest absolute Gasteiger partial charge is 0.387 e. The van der Waals surface area contributed by atoms with Crippen LogP contribution in [0.3, 0.4) is 0 Å². The van der Waals surface area contributed by atoms with Crippen LogP contribution in [0.25, 0.3) is 0 Å². The van der Waals surface area contributed by atoms with Gasteiger partial charge in [0.2, 0.25) is 0 Å². The van der Waals surface area contributed by atoms with Gasteiger partial charge in [0, 0.05) is 0 Å². The first kappa shape index (κ1) is 5.82. The molecular formula is C3H8N2S. The Morgan fingerprint density at radius 1 is 2.00 bits per heavy atom. The summed E-state index contributed by atoms with van der Waals surface area (Å²) < 4.78 is 0. The summed E-state index contributed by atoms with van der Waals surface area (Å²) in [5.41, 5.74) is 4.94. The van der Waals surface area contributed by atoms with E-state index in [2.05, 4.69) is 12.6 Å². The highest BCUT2D eigenvalue weighted by Gasteiger charge is 1.92. The Balaban J connectivity index is 3.26. The first-order chi connectivity index (χ1) is 2.64. The van der Waals surface area contributed by atoms with Crippen molar-refractivity contribution in [2.24, 2.45) is 5.73 Å². The highest BCUT2D eigenvalue weighted by atomic mass is 32.1. The van der Waals surface area contributed by atoms with E-state index in [1.165, 1.54) is 0 Å². The fourth-order valence-corrected chi connectivity index (χ4v) is 0. The van der Waals surface area contributed by atoms with Crippen molar-refractivity contribution in [1.82, 2.24) is 0 Å². The van der Waals surface area contributed by atoms with Gasteiger partial charge in [-0.1, -0.05) is 0 Å². The molecule has 0 radical (unpaired) electrons. The predicted octanol–water partition coefficient (Wildman–Crippen LogP) is 0.241. The molecule has 0 saturated heterocycles. The number of thiol groups is 1. The van der Waals surface area contributed by atoms with Crippen LogP contribution in [0.15, 0.2) is 0 Å². The van der Waals surface area contributed by atoms with Crippen LogP contribution in [0.5, 0.6) is 0 Å². The third-order valence-electron chi connectivity index (χ3n) is 0.450. The topological polar surface area (TPSA) is 49.9 Å². The van der Waals surface area contributed by atoms with E-state index in [4.69, 9.17) is 11.1 Å². The highest BCUT2D eigenvalue weighted by molar-refractivity contribution is 7.81. The summed E-state index contributed by atoms with van der Waals surface area (Å²) in [4.78, 5) is 0. The van der Waals surface area contributed by atoms with Gasteiger partial charge in [-0.3, -0.25) is 5.41 Å². The predicted molar refractivity (Wildman–Crippen MR) is 30.4 cm³/mol. The van der Waals surface area contributed by atoms with Gasteiger partial charge in [0.25, 0.3) is 0 Å². The molecule has 6 heavy (non-hydrogen) atoms. The Labute approximate surface area is 42.6 Å². The Kier molecular flexibility index (Phi) is 2.01. The van der Waals surface area contributed by atoms with E-state index in [1.54, 1.807) is 6.92 Å². The average Bonchev–Trinajstić information content (AvgIpc) is 1.36. The molecule has 3 heteroatoms. The minimum atomic E-state index is -0.0926. The second-order valence-electron chi connectivity index (χ2n) is 1.13. The zero-order chi connectivity index (χ0) is 5.15. The summed E-state index contributed by atoms with van der Waals surface area (Å²) in [6, 6.07) is 0. The number of nitrogens with two attached hydrogens (primary N) is 1. The maximum atomic E-state index is 6.65. The molecule has 0 spiro atoms. The Morgan fingerprint density at radius 3 is 2.17 bits per heavy atom. The van der Waals surface area contributed by atoms with Gasteiger partial charge in [-0.2, -0.15) is 12.6 Å². The zero-order valence-corrected chi connectivity index (χ0v) is 4.50. The molecule has 0 aliphatic rings. The standard InChI is InChI=1S/C3H8N2S/c1-2(6)3(4)5/h2,6H,1H3,(H3,4,5). The van der Waals surface area contributed by atoms with Crippen LogP contribution in [0.4, 0.5) is 0 Å². The van der Waals surface area contributed by atoms with Gasteiger partial charge in [-0.05, 0) is 6.92 Å². The highest BCUT2D eigenvalue weighted by Crippen LogP contribution is 1.86. The molecular weight excluding hydrogens is 96.1 g/mol. The third-order valence-corrected chi connectivity index (χ3v) is 0.728. The molecule has 1 unspecified atom stereocenters. The van der Waals surface area contributed by atoms with Crippen molar-refractivity contribution in [2.75, 3.05) is 0 Å². The summed E-state index contributed by atoms with van der Waals surface area (Å²) in [6.07, 6.45) is 0. The van der Waals surface area contributed by atoms with E-state index in [9.17, 15) is 0 Å². The SMILES string of the molecule is CC(S)C(=N)N. The van der Waals surface area contributed by atoms with E-state index in [0.717, 1.165) is 0 Å². The smallest absolute Gasteiger partial charge is 0.103 e. The molecule has 0 aromatic heterocycles. The quantitative estimate of drug-likeness (QED) is 0.249. The van der Waals surface area contributed by atoms with Gasteiger partial charge in [-0.15, -0.1) is 0 Å². The van der Waals surface area contributed by atoms with Gasteiger partial charge in [0.1, 0.15) is 5.84 Å². The van der Waals surface area contributed by atoms with Crippen molar-refractivity contribution in [2.45, 2.75) is 12.2 Å². The molecule has 0 aromatic rings. The molecule has 2 nitrogen and oxygen atoms in total. The minimum absolute atomic E-state index is 0.0926. The van der Waals surface area contributed by atoms with Crippen molar-refractivity contribution < 1.29 is 0 Å². The molecule has 0 saturated carbocycles.